The molecule has 2 rings (SSSR count). The molecule has 1 aromatic heterocycles. The summed E-state index contributed by atoms with van der Waals surface area (Å²) in [5.41, 5.74) is 1.11. The summed E-state index contributed by atoms with van der Waals surface area (Å²) in [6, 6.07) is 2.07. The van der Waals surface area contributed by atoms with Crippen LogP contribution >= 0.6 is 15.9 Å². The third kappa shape index (κ3) is 4.75. The van der Waals surface area contributed by atoms with E-state index in [0.717, 1.165) is 61.5 Å². The number of rotatable bonds is 6. The van der Waals surface area contributed by atoms with Crippen LogP contribution in [0.25, 0.3) is 0 Å². The van der Waals surface area contributed by atoms with Gasteiger partial charge in [-0.1, -0.05) is 6.92 Å². The van der Waals surface area contributed by atoms with Crippen LogP contribution in [0.1, 0.15) is 31.7 Å². The molecule has 1 N–H and O–H groups in total. The zero-order valence-corrected chi connectivity index (χ0v) is 12.9. The fraction of sp³-hybridized carbons (Fsp3) is 0.643. The van der Waals surface area contributed by atoms with Crippen LogP contribution in [0.15, 0.2) is 16.7 Å². The highest BCUT2D eigenvalue weighted by molar-refractivity contribution is 9.10. The summed E-state index contributed by atoms with van der Waals surface area (Å²) < 4.78 is 12.4. The number of hydrogen-bond acceptors (Lipinski definition) is 4. The van der Waals surface area contributed by atoms with Gasteiger partial charge in [-0.15, -0.1) is 0 Å². The van der Waals surface area contributed by atoms with Gasteiger partial charge in [0.05, 0.1) is 13.2 Å². The van der Waals surface area contributed by atoms with Gasteiger partial charge < -0.3 is 14.8 Å². The Balaban J connectivity index is 2.00. The summed E-state index contributed by atoms with van der Waals surface area (Å²) in [5.74, 6) is 0.749. The molecule has 1 aromatic rings. The smallest absolute Gasteiger partial charge is 0.218 e. The fourth-order valence-corrected chi connectivity index (χ4v) is 2.43. The summed E-state index contributed by atoms with van der Waals surface area (Å²) >= 11 is 3.46. The first-order valence-electron chi connectivity index (χ1n) is 6.89. The lowest BCUT2D eigenvalue weighted by Crippen LogP contribution is -2.27. The van der Waals surface area contributed by atoms with Crippen LogP contribution in [0.5, 0.6) is 5.88 Å². The minimum atomic E-state index is 0.229. The first-order valence-corrected chi connectivity index (χ1v) is 7.68. The summed E-state index contributed by atoms with van der Waals surface area (Å²) in [6.45, 7) is 5.52. The third-order valence-electron chi connectivity index (χ3n) is 3.08. The Labute approximate surface area is 123 Å². The first-order chi connectivity index (χ1) is 9.29. The van der Waals surface area contributed by atoms with Crippen molar-refractivity contribution in [1.29, 1.82) is 0 Å². The molecule has 4 nitrogen and oxygen atoms in total. The van der Waals surface area contributed by atoms with Gasteiger partial charge in [0, 0.05) is 35.6 Å². The average Bonchev–Trinajstić information content (AvgIpc) is 2.43. The molecule has 0 unspecified atom stereocenters. The molecule has 19 heavy (non-hydrogen) atoms. The molecule has 106 valence electrons. The summed E-state index contributed by atoms with van der Waals surface area (Å²) in [5, 5.41) is 3.39. The highest BCUT2D eigenvalue weighted by Crippen LogP contribution is 2.23. The van der Waals surface area contributed by atoms with E-state index in [9.17, 15) is 0 Å². The second-order valence-electron chi connectivity index (χ2n) is 4.72. The maximum absolute atomic E-state index is 6.02. The monoisotopic (exact) mass is 328 g/mol. The quantitative estimate of drug-likeness (QED) is 0.815. The van der Waals surface area contributed by atoms with Gasteiger partial charge in [0.2, 0.25) is 5.88 Å². The van der Waals surface area contributed by atoms with Crippen molar-refractivity contribution in [3.63, 3.8) is 0 Å². The molecule has 1 fully saturated rings. The number of pyridine rings is 1. The van der Waals surface area contributed by atoms with Gasteiger partial charge in [-0.05, 0) is 35.0 Å². The Hall–Kier alpha value is -0.650. The van der Waals surface area contributed by atoms with Gasteiger partial charge >= 0.3 is 0 Å². The second kappa shape index (κ2) is 7.82. The minimum Gasteiger partial charge on any atom is -0.474 e. The Morgan fingerprint density at radius 3 is 3.00 bits per heavy atom. The fourth-order valence-electron chi connectivity index (χ4n) is 2.05. The second-order valence-corrected chi connectivity index (χ2v) is 5.64. The zero-order valence-electron chi connectivity index (χ0n) is 11.3. The van der Waals surface area contributed by atoms with E-state index < -0.39 is 0 Å². The molecular weight excluding hydrogens is 308 g/mol. The van der Waals surface area contributed by atoms with Crippen molar-refractivity contribution in [2.45, 2.75) is 38.8 Å². The number of hydrogen-bond donors (Lipinski definition) is 1. The Kier molecular flexibility index (Phi) is 6.07. The van der Waals surface area contributed by atoms with E-state index in [2.05, 4.69) is 39.2 Å². The minimum absolute atomic E-state index is 0.229. The van der Waals surface area contributed by atoms with Crippen molar-refractivity contribution >= 4 is 15.9 Å². The van der Waals surface area contributed by atoms with E-state index in [-0.39, 0.29) is 6.10 Å². The van der Waals surface area contributed by atoms with E-state index in [0.29, 0.717) is 0 Å². The van der Waals surface area contributed by atoms with Crippen LogP contribution in [-0.2, 0) is 11.3 Å². The number of nitrogens with zero attached hydrogens (tertiary/aromatic N) is 1. The molecule has 0 aliphatic carbocycles. The van der Waals surface area contributed by atoms with Crippen LogP contribution in [0.3, 0.4) is 0 Å². The van der Waals surface area contributed by atoms with Gasteiger partial charge in [-0.25, -0.2) is 4.98 Å². The van der Waals surface area contributed by atoms with Crippen molar-refractivity contribution in [1.82, 2.24) is 10.3 Å². The highest BCUT2D eigenvalue weighted by atomic mass is 79.9. The standard InChI is InChI=1S/C14H21BrN2O2/c1-2-5-16-9-11-8-12(15)10-17-14(11)19-13-3-6-18-7-4-13/h8,10,13,16H,2-7,9H2,1H3. The maximum Gasteiger partial charge on any atom is 0.218 e. The molecule has 0 bridgehead atoms. The Bertz CT molecular complexity index is 395. The summed E-state index contributed by atoms with van der Waals surface area (Å²) in [4.78, 5) is 4.40. The SMILES string of the molecule is CCCNCc1cc(Br)cnc1OC1CCOCC1. The molecule has 0 aromatic carbocycles. The molecule has 1 aliphatic heterocycles. The van der Waals surface area contributed by atoms with E-state index in [4.69, 9.17) is 9.47 Å². The van der Waals surface area contributed by atoms with Gasteiger partial charge in [-0.2, -0.15) is 0 Å². The lowest BCUT2D eigenvalue weighted by molar-refractivity contribution is 0.0232. The van der Waals surface area contributed by atoms with E-state index >= 15 is 0 Å². The molecule has 0 radical (unpaired) electrons. The molecule has 0 atom stereocenters. The third-order valence-corrected chi connectivity index (χ3v) is 3.51. The van der Waals surface area contributed by atoms with Crippen LogP contribution < -0.4 is 10.1 Å². The summed E-state index contributed by atoms with van der Waals surface area (Å²) in [6.07, 6.45) is 5.03. The topological polar surface area (TPSA) is 43.4 Å². The van der Waals surface area contributed by atoms with Gasteiger partial charge in [0.25, 0.3) is 0 Å². The first kappa shape index (κ1) is 14.8. The zero-order chi connectivity index (χ0) is 13.5. The number of halogens is 1. The molecule has 1 saturated heterocycles. The van der Waals surface area contributed by atoms with E-state index in [1.165, 1.54) is 0 Å². The predicted octanol–water partition coefficient (Wildman–Crippen LogP) is 2.90. The molecule has 5 heteroatoms. The van der Waals surface area contributed by atoms with E-state index in [1.54, 1.807) is 6.20 Å². The Morgan fingerprint density at radius 2 is 2.26 bits per heavy atom. The Morgan fingerprint density at radius 1 is 1.47 bits per heavy atom. The van der Waals surface area contributed by atoms with Crippen molar-refractivity contribution in [2.24, 2.45) is 0 Å². The molecule has 1 aliphatic rings. The summed E-state index contributed by atoms with van der Waals surface area (Å²) in [7, 11) is 0. The normalized spacial score (nSPS) is 16.5. The number of nitrogens with one attached hydrogen (secondary N) is 1. The molecular formula is C14H21BrN2O2. The lowest BCUT2D eigenvalue weighted by Gasteiger charge is -2.24. The molecule has 0 spiro atoms. The molecule has 2 heterocycles. The van der Waals surface area contributed by atoms with Crippen molar-refractivity contribution in [2.75, 3.05) is 19.8 Å². The van der Waals surface area contributed by atoms with Gasteiger partial charge in [0.1, 0.15) is 6.10 Å². The van der Waals surface area contributed by atoms with Crippen molar-refractivity contribution < 1.29 is 9.47 Å². The van der Waals surface area contributed by atoms with Gasteiger partial charge in [0.15, 0.2) is 0 Å². The molecule has 0 saturated carbocycles. The predicted molar refractivity (Wildman–Crippen MR) is 78.4 cm³/mol. The van der Waals surface area contributed by atoms with Crippen molar-refractivity contribution in [3.05, 3.63) is 22.3 Å². The van der Waals surface area contributed by atoms with E-state index in [1.807, 2.05) is 0 Å². The highest BCUT2D eigenvalue weighted by Gasteiger charge is 2.17. The lowest BCUT2D eigenvalue weighted by atomic mass is 10.1. The number of aromatic nitrogens is 1. The van der Waals surface area contributed by atoms with Crippen LogP contribution in [-0.4, -0.2) is 30.8 Å². The van der Waals surface area contributed by atoms with Crippen molar-refractivity contribution in [3.8, 4) is 5.88 Å². The molecule has 0 amide bonds. The maximum atomic E-state index is 6.02. The average molecular weight is 329 g/mol. The number of ether oxygens (including phenoxy) is 2. The largest absolute Gasteiger partial charge is 0.474 e. The van der Waals surface area contributed by atoms with Gasteiger partial charge in [-0.3, -0.25) is 0 Å². The van der Waals surface area contributed by atoms with Crippen LogP contribution in [0.4, 0.5) is 0 Å². The van der Waals surface area contributed by atoms with Crippen LogP contribution in [0, 0.1) is 0 Å². The van der Waals surface area contributed by atoms with Crippen LogP contribution in [0.2, 0.25) is 0 Å².